The zero-order valence-electron chi connectivity index (χ0n) is 7.21. The van der Waals surface area contributed by atoms with E-state index < -0.39 is 0 Å². The van der Waals surface area contributed by atoms with Crippen molar-refractivity contribution in [1.82, 2.24) is 0 Å². The van der Waals surface area contributed by atoms with Crippen LogP contribution in [0.15, 0.2) is 16.8 Å². The summed E-state index contributed by atoms with van der Waals surface area (Å²) in [5, 5.41) is 6.72. The largest absolute Gasteiger partial charge is 0.342 e. The predicted molar refractivity (Wildman–Crippen MR) is 49.7 cm³/mol. The highest BCUT2D eigenvalue weighted by Gasteiger charge is 1.97. The Morgan fingerprint density at radius 3 is 2.91 bits per heavy atom. The zero-order chi connectivity index (χ0) is 8.10. The Kier molecular flexibility index (Phi) is 3.60. The van der Waals surface area contributed by atoms with Crippen molar-refractivity contribution < 1.29 is 5.32 Å². The SMILES string of the molecule is CC(C)C[NH2+]Cc1ccsc1. The maximum Gasteiger partial charge on any atom is 0.102 e. The van der Waals surface area contributed by atoms with Crippen LogP contribution in [0.5, 0.6) is 0 Å². The van der Waals surface area contributed by atoms with Gasteiger partial charge in [-0.1, -0.05) is 13.8 Å². The third-order valence-electron chi connectivity index (χ3n) is 1.60. The minimum Gasteiger partial charge on any atom is -0.342 e. The van der Waals surface area contributed by atoms with Crippen LogP contribution in [0.25, 0.3) is 0 Å². The van der Waals surface area contributed by atoms with E-state index in [9.17, 15) is 0 Å². The molecule has 0 saturated heterocycles. The Morgan fingerprint density at radius 2 is 2.36 bits per heavy atom. The fraction of sp³-hybridized carbons (Fsp3) is 0.556. The van der Waals surface area contributed by atoms with Gasteiger partial charge in [-0.25, -0.2) is 0 Å². The lowest BCUT2D eigenvalue weighted by Crippen LogP contribution is -2.83. The van der Waals surface area contributed by atoms with Crippen LogP contribution in [0.4, 0.5) is 0 Å². The summed E-state index contributed by atoms with van der Waals surface area (Å²) in [6, 6.07) is 2.20. The molecule has 1 aromatic heterocycles. The molecule has 1 rings (SSSR count). The van der Waals surface area contributed by atoms with E-state index in [1.165, 1.54) is 12.1 Å². The Bertz CT molecular complexity index is 179. The van der Waals surface area contributed by atoms with Gasteiger partial charge in [0.15, 0.2) is 0 Å². The van der Waals surface area contributed by atoms with Gasteiger partial charge in [0.05, 0.1) is 6.54 Å². The number of quaternary nitrogens is 1. The average Bonchev–Trinajstić information content (AvgIpc) is 2.39. The molecule has 62 valence electrons. The lowest BCUT2D eigenvalue weighted by atomic mass is 10.2. The van der Waals surface area contributed by atoms with E-state index in [2.05, 4.69) is 36.0 Å². The maximum atomic E-state index is 2.37. The molecule has 0 unspecified atom stereocenters. The van der Waals surface area contributed by atoms with E-state index in [1.807, 2.05) is 0 Å². The highest BCUT2D eigenvalue weighted by Crippen LogP contribution is 2.02. The van der Waals surface area contributed by atoms with Gasteiger partial charge in [-0.05, 0) is 16.8 Å². The molecule has 1 aromatic rings. The Labute approximate surface area is 72.4 Å². The van der Waals surface area contributed by atoms with Crippen molar-refractivity contribution in [3.63, 3.8) is 0 Å². The van der Waals surface area contributed by atoms with Gasteiger partial charge >= 0.3 is 0 Å². The minimum absolute atomic E-state index is 0.800. The van der Waals surface area contributed by atoms with Gasteiger partial charge in [-0.15, -0.1) is 0 Å². The second kappa shape index (κ2) is 4.52. The molecule has 0 bridgehead atoms. The molecule has 0 aliphatic carbocycles. The summed E-state index contributed by atoms with van der Waals surface area (Å²) in [6.45, 7) is 6.88. The first kappa shape index (κ1) is 8.75. The van der Waals surface area contributed by atoms with Crippen molar-refractivity contribution in [3.8, 4) is 0 Å². The van der Waals surface area contributed by atoms with Gasteiger partial charge < -0.3 is 5.32 Å². The standard InChI is InChI=1S/C9H15NS/c1-8(2)5-10-6-9-3-4-11-7-9/h3-4,7-8,10H,5-6H2,1-2H3/p+1. The summed E-state index contributed by atoms with van der Waals surface area (Å²) >= 11 is 1.78. The molecule has 1 heterocycles. The van der Waals surface area contributed by atoms with Crippen LogP contribution in [0.2, 0.25) is 0 Å². The van der Waals surface area contributed by atoms with Crippen molar-refractivity contribution in [1.29, 1.82) is 0 Å². The van der Waals surface area contributed by atoms with Crippen LogP contribution < -0.4 is 5.32 Å². The molecule has 0 aromatic carbocycles. The van der Waals surface area contributed by atoms with E-state index in [-0.39, 0.29) is 0 Å². The molecular formula is C9H16NS+. The Hall–Kier alpha value is -0.340. The summed E-state index contributed by atoms with van der Waals surface area (Å²) in [4.78, 5) is 0. The second-order valence-electron chi connectivity index (χ2n) is 3.25. The van der Waals surface area contributed by atoms with Gasteiger partial charge in [0, 0.05) is 11.5 Å². The maximum absolute atomic E-state index is 2.37. The van der Waals surface area contributed by atoms with Gasteiger partial charge in [-0.2, -0.15) is 11.3 Å². The van der Waals surface area contributed by atoms with Crippen molar-refractivity contribution in [3.05, 3.63) is 22.4 Å². The monoisotopic (exact) mass is 170 g/mol. The van der Waals surface area contributed by atoms with Gasteiger partial charge in [0.1, 0.15) is 6.54 Å². The second-order valence-corrected chi connectivity index (χ2v) is 4.03. The van der Waals surface area contributed by atoms with E-state index >= 15 is 0 Å². The van der Waals surface area contributed by atoms with Crippen molar-refractivity contribution >= 4 is 11.3 Å². The topological polar surface area (TPSA) is 16.6 Å². The van der Waals surface area contributed by atoms with Crippen LogP contribution in [0.3, 0.4) is 0 Å². The molecule has 0 aliphatic rings. The fourth-order valence-corrected chi connectivity index (χ4v) is 1.67. The van der Waals surface area contributed by atoms with Crippen LogP contribution in [0, 0.1) is 5.92 Å². The average molecular weight is 170 g/mol. The summed E-state index contributed by atoms with van der Waals surface area (Å²) < 4.78 is 0. The molecule has 0 fully saturated rings. The zero-order valence-corrected chi connectivity index (χ0v) is 8.03. The smallest absolute Gasteiger partial charge is 0.102 e. The highest BCUT2D eigenvalue weighted by atomic mass is 32.1. The molecule has 0 amide bonds. The number of rotatable bonds is 4. The van der Waals surface area contributed by atoms with E-state index in [0.717, 1.165) is 12.5 Å². The normalized spacial score (nSPS) is 10.8. The molecule has 11 heavy (non-hydrogen) atoms. The summed E-state index contributed by atoms with van der Waals surface area (Å²) in [5.41, 5.74) is 1.45. The summed E-state index contributed by atoms with van der Waals surface area (Å²) in [6.07, 6.45) is 0. The first-order valence-electron chi connectivity index (χ1n) is 4.12. The number of thiophene rings is 1. The van der Waals surface area contributed by atoms with Crippen LogP contribution in [0.1, 0.15) is 19.4 Å². The van der Waals surface area contributed by atoms with Crippen LogP contribution in [-0.2, 0) is 6.54 Å². The summed E-state index contributed by atoms with van der Waals surface area (Å²) in [5.74, 6) is 0.800. The Morgan fingerprint density at radius 1 is 1.55 bits per heavy atom. The first-order valence-corrected chi connectivity index (χ1v) is 5.06. The molecule has 0 saturated carbocycles. The van der Waals surface area contributed by atoms with Gasteiger partial charge in [0.2, 0.25) is 0 Å². The molecule has 0 aliphatic heterocycles. The molecule has 0 spiro atoms. The van der Waals surface area contributed by atoms with Crippen molar-refractivity contribution in [2.75, 3.05) is 6.54 Å². The van der Waals surface area contributed by atoms with E-state index in [0.29, 0.717) is 0 Å². The predicted octanol–water partition coefficient (Wildman–Crippen LogP) is 1.47. The summed E-state index contributed by atoms with van der Waals surface area (Å²) in [7, 11) is 0. The van der Waals surface area contributed by atoms with Crippen LogP contribution in [-0.4, -0.2) is 6.54 Å². The molecular weight excluding hydrogens is 154 g/mol. The molecule has 0 atom stereocenters. The Balaban J connectivity index is 2.14. The molecule has 2 N–H and O–H groups in total. The lowest BCUT2D eigenvalue weighted by molar-refractivity contribution is -0.675. The quantitative estimate of drug-likeness (QED) is 0.704. The molecule has 0 radical (unpaired) electrons. The van der Waals surface area contributed by atoms with E-state index in [4.69, 9.17) is 0 Å². The van der Waals surface area contributed by atoms with Crippen LogP contribution >= 0.6 is 11.3 Å². The highest BCUT2D eigenvalue weighted by molar-refractivity contribution is 7.07. The van der Waals surface area contributed by atoms with Crippen molar-refractivity contribution in [2.45, 2.75) is 20.4 Å². The lowest BCUT2D eigenvalue weighted by Gasteiger charge is -2.01. The van der Waals surface area contributed by atoms with E-state index in [1.54, 1.807) is 11.3 Å². The first-order chi connectivity index (χ1) is 5.29. The van der Waals surface area contributed by atoms with Gasteiger partial charge in [-0.3, -0.25) is 0 Å². The third-order valence-corrected chi connectivity index (χ3v) is 2.33. The molecule has 1 nitrogen and oxygen atoms in total. The number of hydrogen-bond donors (Lipinski definition) is 1. The van der Waals surface area contributed by atoms with Crippen molar-refractivity contribution in [2.24, 2.45) is 5.92 Å². The van der Waals surface area contributed by atoms with Gasteiger partial charge in [0.25, 0.3) is 0 Å². The third kappa shape index (κ3) is 3.54. The number of hydrogen-bond acceptors (Lipinski definition) is 1. The molecule has 2 heteroatoms. The minimum atomic E-state index is 0.800. The fourth-order valence-electron chi connectivity index (χ4n) is 0.992. The number of nitrogens with two attached hydrogens (primary N) is 1.